The first-order valence-electron chi connectivity index (χ1n) is 7.17. The zero-order valence-electron chi connectivity index (χ0n) is 11.9. The summed E-state index contributed by atoms with van der Waals surface area (Å²) in [5.74, 6) is -1.26. The Hall–Kier alpha value is -2.14. The number of hydrogen-bond acceptors (Lipinski definition) is 3. The summed E-state index contributed by atoms with van der Waals surface area (Å²) in [5, 5.41) is 14.1. The maximum absolute atomic E-state index is 12.0. The van der Waals surface area contributed by atoms with Crippen LogP contribution in [0, 0.1) is 0 Å². The summed E-state index contributed by atoms with van der Waals surface area (Å²) in [7, 11) is 0. The normalized spacial score (nSPS) is 14.0. The van der Waals surface area contributed by atoms with Crippen LogP contribution in [0.15, 0.2) is 24.3 Å². The Morgan fingerprint density at radius 2 is 2.00 bits per heavy atom. The van der Waals surface area contributed by atoms with Gasteiger partial charge in [-0.25, -0.2) is 4.79 Å². The number of carbonyl (C=O) groups excluding carboxylic acids is 1. The zero-order valence-corrected chi connectivity index (χ0v) is 12.6. The van der Waals surface area contributed by atoms with E-state index in [0.29, 0.717) is 36.4 Å². The number of rotatable bonds is 4. The molecule has 3 rings (SSSR count). The van der Waals surface area contributed by atoms with Crippen LogP contribution in [-0.2, 0) is 19.4 Å². The van der Waals surface area contributed by atoms with E-state index in [1.807, 2.05) is 24.3 Å². The van der Waals surface area contributed by atoms with E-state index >= 15 is 0 Å². The van der Waals surface area contributed by atoms with Crippen molar-refractivity contribution in [2.75, 3.05) is 0 Å². The Kier molecular flexibility index (Phi) is 3.98. The predicted octanol–water partition coefficient (Wildman–Crippen LogP) is 3.00. The second-order valence-corrected chi connectivity index (χ2v) is 5.79. The highest BCUT2D eigenvalue weighted by molar-refractivity contribution is 6.30. The average molecular weight is 319 g/mol. The molecule has 0 fully saturated rings. The second-order valence-electron chi connectivity index (χ2n) is 5.35. The van der Waals surface area contributed by atoms with Crippen molar-refractivity contribution in [3.8, 4) is 0 Å². The van der Waals surface area contributed by atoms with Crippen LogP contribution in [0.2, 0.25) is 5.02 Å². The molecule has 22 heavy (non-hydrogen) atoms. The molecule has 0 saturated carbocycles. The second kappa shape index (κ2) is 5.93. The van der Waals surface area contributed by atoms with Gasteiger partial charge in [-0.3, -0.25) is 9.48 Å². The molecule has 1 aromatic heterocycles. The summed E-state index contributed by atoms with van der Waals surface area (Å²) in [6.45, 7) is 0.546. The molecule has 1 heterocycles. The predicted molar refractivity (Wildman–Crippen MR) is 81.6 cm³/mol. The van der Waals surface area contributed by atoms with Gasteiger partial charge in [0, 0.05) is 18.0 Å². The Bertz CT molecular complexity index is 735. The number of hydrogen-bond donors (Lipinski definition) is 1. The van der Waals surface area contributed by atoms with Gasteiger partial charge < -0.3 is 5.11 Å². The Morgan fingerprint density at radius 1 is 1.27 bits per heavy atom. The van der Waals surface area contributed by atoms with Crippen LogP contribution >= 0.6 is 11.6 Å². The van der Waals surface area contributed by atoms with E-state index < -0.39 is 5.97 Å². The third-order valence-electron chi connectivity index (χ3n) is 3.88. The van der Waals surface area contributed by atoms with Gasteiger partial charge in [0.05, 0.1) is 11.3 Å². The molecule has 2 aromatic rings. The number of nitrogens with zero attached hydrogens (tertiary/aromatic N) is 2. The lowest BCUT2D eigenvalue weighted by atomic mass is 9.94. The summed E-state index contributed by atoms with van der Waals surface area (Å²) < 4.78 is 1.67. The number of carboxylic acids is 1. The zero-order chi connectivity index (χ0) is 15.7. The highest BCUT2D eigenvalue weighted by Crippen LogP contribution is 2.25. The molecule has 114 valence electrons. The fraction of sp³-hybridized carbons (Fsp3) is 0.312. The molecular formula is C16H15ClN2O3. The van der Waals surface area contributed by atoms with Crippen molar-refractivity contribution in [1.29, 1.82) is 0 Å². The van der Waals surface area contributed by atoms with Crippen LogP contribution < -0.4 is 0 Å². The highest BCUT2D eigenvalue weighted by Gasteiger charge is 2.29. The number of aromatic carboxylic acids is 1. The third kappa shape index (κ3) is 2.76. The van der Waals surface area contributed by atoms with Gasteiger partial charge in [-0.15, -0.1) is 0 Å². The minimum Gasteiger partial charge on any atom is -0.476 e. The van der Waals surface area contributed by atoms with Crippen LogP contribution in [-0.4, -0.2) is 26.6 Å². The van der Waals surface area contributed by atoms with Crippen molar-refractivity contribution in [1.82, 2.24) is 9.78 Å². The molecule has 0 bridgehead atoms. The average Bonchev–Trinajstić information content (AvgIpc) is 2.87. The highest BCUT2D eigenvalue weighted by atomic mass is 35.5. The lowest BCUT2D eigenvalue weighted by molar-refractivity contribution is 0.0684. The largest absolute Gasteiger partial charge is 0.476 e. The number of Topliss-reactive ketones (excluding diaryl/α,β-unsaturated/α-hetero) is 1. The topological polar surface area (TPSA) is 72.2 Å². The van der Waals surface area contributed by atoms with Gasteiger partial charge in [0.2, 0.25) is 0 Å². The molecule has 0 radical (unpaired) electrons. The minimum atomic E-state index is -1.14. The maximum atomic E-state index is 12.0. The van der Waals surface area contributed by atoms with Crippen LogP contribution in [0.25, 0.3) is 0 Å². The summed E-state index contributed by atoms with van der Waals surface area (Å²) in [6, 6.07) is 7.51. The molecule has 0 amide bonds. The number of carbonyl (C=O) groups is 2. The summed E-state index contributed by atoms with van der Waals surface area (Å²) in [6.07, 6.45) is 2.55. The number of aryl methyl sites for hydroxylation is 2. The lowest BCUT2D eigenvalue weighted by Gasteiger charge is -2.13. The summed E-state index contributed by atoms with van der Waals surface area (Å²) in [5.41, 5.74) is 2.03. The molecule has 0 saturated heterocycles. The Labute approximate surface area is 132 Å². The van der Waals surface area contributed by atoms with Crippen molar-refractivity contribution >= 4 is 23.4 Å². The molecule has 1 aliphatic carbocycles. The van der Waals surface area contributed by atoms with Crippen LogP contribution in [0.4, 0.5) is 0 Å². The third-order valence-corrected chi connectivity index (χ3v) is 4.13. The quantitative estimate of drug-likeness (QED) is 0.940. The van der Waals surface area contributed by atoms with Crippen molar-refractivity contribution in [3.05, 3.63) is 51.8 Å². The van der Waals surface area contributed by atoms with Crippen LogP contribution in [0.5, 0.6) is 0 Å². The molecular weight excluding hydrogens is 304 g/mol. The smallest absolute Gasteiger partial charge is 0.357 e. The van der Waals surface area contributed by atoms with Crippen molar-refractivity contribution < 1.29 is 14.7 Å². The SMILES string of the molecule is O=C(O)c1nn(CCc2ccc(Cl)cc2)c2c1C(=O)CCC2. The molecule has 6 heteroatoms. The van der Waals surface area contributed by atoms with E-state index in [2.05, 4.69) is 5.10 Å². The minimum absolute atomic E-state index is 0.114. The van der Waals surface area contributed by atoms with Gasteiger partial charge in [0.25, 0.3) is 0 Å². The van der Waals surface area contributed by atoms with Crippen molar-refractivity contribution in [2.45, 2.75) is 32.2 Å². The van der Waals surface area contributed by atoms with E-state index in [1.54, 1.807) is 4.68 Å². The van der Waals surface area contributed by atoms with Gasteiger partial charge in [0.1, 0.15) is 0 Å². The number of ketones is 1. The monoisotopic (exact) mass is 318 g/mol. The molecule has 0 unspecified atom stereocenters. The number of benzene rings is 1. The standard InChI is InChI=1S/C16H15ClN2O3/c17-11-6-4-10(5-7-11)8-9-19-12-2-1-3-13(20)14(12)15(18-19)16(21)22/h4-7H,1-3,8-9H2,(H,21,22). The molecule has 0 spiro atoms. The number of halogens is 1. The Morgan fingerprint density at radius 3 is 2.68 bits per heavy atom. The van der Waals surface area contributed by atoms with Crippen LogP contribution in [0.1, 0.15) is 44.9 Å². The lowest BCUT2D eigenvalue weighted by Crippen LogP contribution is -2.15. The fourth-order valence-corrected chi connectivity index (χ4v) is 2.93. The van der Waals surface area contributed by atoms with E-state index in [4.69, 9.17) is 11.6 Å². The van der Waals surface area contributed by atoms with E-state index in [0.717, 1.165) is 17.7 Å². The molecule has 0 aliphatic heterocycles. The molecule has 1 N–H and O–H groups in total. The molecule has 1 aliphatic rings. The summed E-state index contributed by atoms with van der Waals surface area (Å²) in [4.78, 5) is 23.3. The maximum Gasteiger partial charge on any atom is 0.357 e. The Balaban J connectivity index is 1.87. The van der Waals surface area contributed by atoms with E-state index in [1.165, 1.54) is 0 Å². The van der Waals surface area contributed by atoms with Gasteiger partial charge in [-0.2, -0.15) is 5.10 Å². The summed E-state index contributed by atoms with van der Waals surface area (Å²) >= 11 is 5.86. The molecule has 1 aromatic carbocycles. The van der Waals surface area contributed by atoms with Crippen LogP contribution in [0.3, 0.4) is 0 Å². The first-order chi connectivity index (χ1) is 10.6. The van der Waals surface area contributed by atoms with E-state index in [-0.39, 0.29) is 11.5 Å². The molecule has 0 atom stereocenters. The first kappa shape index (κ1) is 14.8. The molecule has 5 nitrogen and oxygen atoms in total. The van der Waals surface area contributed by atoms with Gasteiger partial charge in [-0.1, -0.05) is 23.7 Å². The van der Waals surface area contributed by atoms with Gasteiger partial charge in [-0.05, 0) is 37.0 Å². The number of fused-ring (bicyclic) bond motifs is 1. The van der Waals surface area contributed by atoms with E-state index in [9.17, 15) is 14.7 Å². The van der Waals surface area contributed by atoms with Gasteiger partial charge in [0.15, 0.2) is 11.5 Å². The van der Waals surface area contributed by atoms with Gasteiger partial charge >= 0.3 is 5.97 Å². The number of carboxylic acid groups (broad SMARTS) is 1. The fourth-order valence-electron chi connectivity index (χ4n) is 2.81. The first-order valence-corrected chi connectivity index (χ1v) is 7.54. The van der Waals surface area contributed by atoms with Crippen molar-refractivity contribution in [3.63, 3.8) is 0 Å². The van der Waals surface area contributed by atoms with Crippen molar-refractivity contribution in [2.24, 2.45) is 0 Å². The number of aromatic nitrogens is 2.